The zero-order valence-electron chi connectivity index (χ0n) is 10.7. The molecule has 0 aromatic rings. The second-order valence-corrected chi connectivity index (χ2v) is 6.92. The molecule has 3 rings (SSSR count). The minimum Gasteiger partial charge on any atom is -0.299 e. The first kappa shape index (κ1) is 10.8. The van der Waals surface area contributed by atoms with Crippen LogP contribution in [0.25, 0.3) is 0 Å². The van der Waals surface area contributed by atoms with E-state index in [2.05, 4.69) is 13.8 Å². The Balaban J connectivity index is 1.95. The SMILES string of the molecule is CC1(C)C2CCC1(C1CCCCC1=O)CC2. The maximum absolute atomic E-state index is 12.3. The normalized spacial score (nSPS) is 46.2. The van der Waals surface area contributed by atoms with Crippen molar-refractivity contribution < 1.29 is 4.79 Å². The van der Waals surface area contributed by atoms with Crippen LogP contribution >= 0.6 is 0 Å². The van der Waals surface area contributed by atoms with Gasteiger partial charge in [0.1, 0.15) is 5.78 Å². The molecule has 0 N–H and O–H groups in total. The molecule has 1 heteroatoms. The lowest BCUT2D eigenvalue weighted by atomic mass is 9.58. The summed E-state index contributed by atoms with van der Waals surface area (Å²) in [6, 6.07) is 0. The van der Waals surface area contributed by atoms with Gasteiger partial charge in [-0.3, -0.25) is 4.79 Å². The molecule has 0 aliphatic heterocycles. The average molecular weight is 220 g/mol. The zero-order chi connectivity index (χ0) is 11.4. The molecule has 1 nitrogen and oxygen atoms in total. The number of rotatable bonds is 1. The summed E-state index contributed by atoms with van der Waals surface area (Å²) in [7, 11) is 0. The van der Waals surface area contributed by atoms with E-state index in [1.54, 1.807) is 0 Å². The molecule has 16 heavy (non-hydrogen) atoms. The third-order valence-corrected chi connectivity index (χ3v) is 6.40. The van der Waals surface area contributed by atoms with E-state index in [1.165, 1.54) is 38.5 Å². The largest absolute Gasteiger partial charge is 0.299 e. The maximum Gasteiger partial charge on any atom is 0.136 e. The topological polar surface area (TPSA) is 17.1 Å². The second kappa shape index (κ2) is 3.34. The first-order valence-electron chi connectivity index (χ1n) is 7.11. The van der Waals surface area contributed by atoms with Crippen LogP contribution in [0.3, 0.4) is 0 Å². The van der Waals surface area contributed by atoms with Crippen LogP contribution in [-0.2, 0) is 4.79 Å². The predicted octanol–water partition coefficient (Wildman–Crippen LogP) is 3.96. The Morgan fingerprint density at radius 1 is 1.06 bits per heavy atom. The number of hydrogen-bond donors (Lipinski definition) is 0. The third kappa shape index (κ3) is 1.15. The van der Waals surface area contributed by atoms with Gasteiger partial charge in [-0.15, -0.1) is 0 Å². The van der Waals surface area contributed by atoms with Crippen molar-refractivity contribution in [3.8, 4) is 0 Å². The van der Waals surface area contributed by atoms with Crippen molar-refractivity contribution >= 4 is 5.78 Å². The fourth-order valence-corrected chi connectivity index (χ4v) is 5.27. The summed E-state index contributed by atoms with van der Waals surface area (Å²) < 4.78 is 0. The minimum atomic E-state index is 0.398. The van der Waals surface area contributed by atoms with E-state index in [-0.39, 0.29) is 0 Å². The molecule has 0 heterocycles. The van der Waals surface area contributed by atoms with Gasteiger partial charge >= 0.3 is 0 Å². The van der Waals surface area contributed by atoms with Gasteiger partial charge in [-0.1, -0.05) is 20.3 Å². The van der Waals surface area contributed by atoms with Gasteiger partial charge in [0.25, 0.3) is 0 Å². The third-order valence-electron chi connectivity index (χ3n) is 6.40. The zero-order valence-corrected chi connectivity index (χ0v) is 10.7. The Hall–Kier alpha value is -0.330. The standard InChI is InChI=1S/C15H24O/c1-14(2)11-7-9-15(14,10-8-11)12-5-3-4-6-13(12)16/h11-12H,3-10H2,1-2H3. The van der Waals surface area contributed by atoms with E-state index in [0.717, 1.165) is 18.8 Å². The van der Waals surface area contributed by atoms with Gasteiger partial charge in [0.2, 0.25) is 0 Å². The van der Waals surface area contributed by atoms with Crippen molar-refractivity contribution in [2.24, 2.45) is 22.7 Å². The molecule has 0 spiro atoms. The number of ketones is 1. The summed E-state index contributed by atoms with van der Waals surface area (Å²) >= 11 is 0. The number of carbonyl (C=O) groups is 1. The highest BCUT2D eigenvalue weighted by atomic mass is 16.1. The van der Waals surface area contributed by atoms with Gasteiger partial charge in [-0.05, 0) is 55.3 Å². The molecule has 3 saturated carbocycles. The van der Waals surface area contributed by atoms with Gasteiger partial charge in [0.15, 0.2) is 0 Å². The molecule has 0 saturated heterocycles. The van der Waals surface area contributed by atoms with Crippen molar-refractivity contribution in [2.75, 3.05) is 0 Å². The Bertz CT molecular complexity index is 307. The number of hydrogen-bond acceptors (Lipinski definition) is 1. The van der Waals surface area contributed by atoms with Crippen LogP contribution in [-0.4, -0.2) is 5.78 Å². The Labute approximate surface area is 99.0 Å². The summed E-state index contributed by atoms with van der Waals surface area (Å²) in [6.07, 6.45) is 9.94. The van der Waals surface area contributed by atoms with Gasteiger partial charge in [0.05, 0.1) is 0 Å². The maximum atomic E-state index is 12.3. The summed E-state index contributed by atoms with van der Waals surface area (Å²) in [5.41, 5.74) is 0.833. The minimum absolute atomic E-state index is 0.398. The first-order chi connectivity index (χ1) is 7.58. The quantitative estimate of drug-likeness (QED) is 0.653. The molecule has 1 unspecified atom stereocenters. The van der Waals surface area contributed by atoms with Crippen molar-refractivity contribution in [2.45, 2.75) is 65.2 Å². The Morgan fingerprint density at radius 3 is 2.25 bits per heavy atom. The molecule has 3 aliphatic carbocycles. The van der Waals surface area contributed by atoms with Gasteiger partial charge in [-0.2, -0.15) is 0 Å². The molecule has 3 aliphatic rings. The fourth-order valence-electron chi connectivity index (χ4n) is 5.27. The van der Waals surface area contributed by atoms with Crippen LogP contribution in [0.2, 0.25) is 0 Å². The smallest absolute Gasteiger partial charge is 0.136 e. The van der Waals surface area contributed by atoms with Crippen LogP contribution in [0, 0.1) is 22.7 Å². The van der Waals surface area contributed by atoms with E-state index < -0.39 is 0 Å². The molecule has 0 amide bonds. The Morgan fingerprint density at radius 2 is 1.75 bits per heavy atom. The molecular weight excluding hydrogens is 196 g/mol. The molecule has 3 fully saturated rings. The van der Waals surface area contributed by atoms with E-state index in [4.69, 9.17) is 0 Å². The van der Waals surface area contributed by atoms with E-state index in [0.29, 0.717) is 22.5 Å². The van der Waals surface area contributed by atoms with Crippen molar-refractivity contribution in [1.82, 2.24) is 0 Å². The average Bonchev–Trinajstić information content (AvgIpc) is 2.67. The lowest BCUT2D eigenvalue weighted by molar-refractivity contribution is -0.132. The Kier molecular flexibility index (Phi) is 2.25. The van der Waals surface area contributed by atoms with Crippen LogP contribution in [0.1, 0.15) is 65.2 Å². The van der Waals surface area contributed by atoms with E-state index in [9.17, 15) is 4.79 Å². The van der Waals surface area contributed by atoms with E-state index >= 15 is 0 Å². The van der Waals surface area contributed by atoms with Crippen LogP contribution in [0.15, 0.2) is 0 Å². The molecule has 0 radical (unpaired) electrons. The summed E-state index contributed by atoms with van der Waals surface area (Å²) in [4.78, 5) is 12.3. The predicted molar refractivity (Wildman–Crippen MR) is 65.1 cm³/mol. The van der Waals surface area contributed by atoms with Gasteiger partial charge in [0, 0.05) is 12.3 Å². The van der Waals surface area contributed by atoms with Gasteiger partial charge < -0.3 is 0 Å². The lowest BCUT2D eigenvalue weighted by Crippen LogP contribution is -2.42. The molecular formula is C15H24O. The van der Waals surface area contributed by atoms with E-state index in [1.807, 2.05) is 0 Å². The van der Waals surface area contributed by atoms with Crippen LogP contribution < -0.4 is 0 Å². The second-order valence-electron chi connectivity index (χ2n) is 6.92. The highest BCUT2D eigenvalue weighted by Gasteiger charge is 2.62. The molecule has 2 bridgehead atoms. The molecule has 90 valence electrons. The molecule has 0 aromatic heterocycles. The highest BCUT2D eigenvalue weighted by Crippen LogP contribution is 2.69. The molecule has 1 atom stereocenters. The summed E-state index contributed by atoms with van der Waals surface area (Å²) in [5, 5.41) is 0. The fraction of sp³-hybridized carbons (Fsp3) is 0.933. The van der Waals surface area contributed by atoms with Crippen molar-refractivity contribution in [3.63, 3.8) is 0 Å². The summed E-state index contributed by atoms with van der Waals surface area (Å²) in [5.74, 6) is 1.92. The number of Topliss-reactive ketones (excluding diaryl/α,β-unsaturated/α-hetero) is 1. The van der Waals surface area contributed by atoms with Crippen molar-refractivity contribution in [3.05, 3.63) is 0 Å². The monoisotopic (exact) mass is 220 g/mol. The number of fused-ring (bicyclic) bond motifs is 2. The van der Waals surface area contributed by atoms with Crippen LogP contribution in [0.4, 0.5) is 0 Å². The molecule has 0 aromatic carbocycles. The highest BCUT2D eigenvalue weighted by molar-refractivity contribution is 5.82. The van der Waals surface area contributed by atoms with Gasteiger partial charge in [-0.25, -0.2) is 0 Å². The van der Waals surface area contributed by atoms with Crippen LogP contribution in [0.5, 0.6) is 0 Å². The lowest BCUT2D eigenvalue weighted by Gasteiger charge is -2.45. The first-order valence-corrected chi connectivity index (χ1v) is 7.11. The number of carbonyl (C=O) groups excluding carboxylic acids is 1. The summed E-state index contributed by atoms with van der Waals surface area (Å²) in [6.45, 7) is 4.89. The van der Waals surface area contributed by atoms with Crippen molar-refractivity contribution in [1.29, 1.82) is 0 Å².